The van der Waals surface area contributed by atoms with E-state index in [1.165, 1.54) is 0 Å². The maximum absolute atomic E-state index is 13.0. The molecule has 0 aliphatic carbocycles. The van der Waals surface area contributed by atoms with Crippen molar-refractivity contribution in [3.63, 3.8) is 0 Å². The molecule has 1 saturated heterocycles. The van der Waals surface area contributed by atoms with Crippen LogP contribution in [0, 0.1) is 5.92 Å². The maximum Gasteiger partial charge on any atom is 0.416 e. The van der Waals surface area contributed by atoms with Gasteiger partial charge >= 0.3 is 18.1 Å². The van der Waals surface area contributed by atoms with Gasteiger partial charge in [-0.05, 0) is 74.3 Å². The van der Waals surface area contributed by atoms with E-state index in [1.54, 1.807) is 0 Å². The highest BCUT2D eigenvalue weighted by atomic mass is 35.5. The van der Waals surface area contributed by atoms with Gasteiger partial charge in [-0.2, -0.15) is 13.2 Å². The molecule has 238 valence electrons. The minimum absolute atomic E-state index is 0.0383. The lowest BCUT2D eigenvalue weighted by atomic mass is 9.96. The number of nitrogens with zero attached hydrogens (tertiary/aromatic N) is 3. The molecule has 4 aromatic rings. The van der Waals surface area contributed by atoms with Gasteiger partial charge in [-0.1, -0.05) is 41.9 Å². The minimum Gasteiger partial charge on any atom is -0.486 e. The topological polar surface area (TPSA) is 134 Å². The van der Waals surface area contributed by atoms with Crippen LogP contribution in [0.1, 0.15) is 24.2 Å². The van der Waals surface area contributed by atoms with Gasteiger partial charge in [0, 0.05) is 6.54 Å². The van der Waals surface area contributed by atoms with Gasteiger partial charge in [0.1, 0.15) is 18.2 Å². The van der Waals surface area contributed by atoms with Crippen LogP contribution in [0.3, 0.4) is 0 Å². The van der Waals surface area contributed by atoms with Crippen molar-refractivity contribution in [1.29, 1.82) is 0 Å². The molecule has 3 aromatic carbocycles. The van der Waals surface area contributed by atoms with Crippen LogP contribution in [0.15, 0.2) is 72.8 Å². The molecule has 10 nitrogen and oxygen atoms in total. The first-order chi connectivity index (χ1) is 21.4. The number of halogens is 4. The van der Waals surface area contributed by atoms with Crippen molar-refractivity contribution < 1.29 is 42.5 Å². The van der Waals surface area contributed by atoms with Crippen molar-refractivity contribution in [1.82, 2.24) is 14.5 Å². The average Bonchev–Trinajstić information content (AvgIpc) is 3.35. The van der Waals surface area contributed by atoms with E-state index in [0.717, 1.165) is 60.2 Å². The highest BCUT2D eigenvalue weighted by Crippen LogP contribution is 2.34. The van der Waals surface area contributed by atoms with Crippen molar-refractivity contribution in [3.05, 3.63) is 89.2 Å². The van der Waals surface area contributed by atoms with Crippen molar-refractivity contribution in [2.24, 2.45) is 5.92 Å². The Morgan fingerprint density at radius 2 is 1.60 bits per heavy atom. The molecule has 0 atom stereocenters. The van der Waals surface area contributed by atoms with Gasteiger partial charge in [0.2, 0.25) is 5.91 Å². The van der Waals surface area contributed by atoms with E-state index >= 15 is 0 Å². The molecule has 3 N–H and O–H groups in total. The molecule has 0 spiro atoms. The van der Waals surface area contributed by atoms with Crippen LogP contribution >= 0.6 is 11.6 Å². The molecule has 5 rings (SSSR count). The summed E-state index contributed by atoms with van der Waals surface area (Å²) < 4.78 is 47.3. The number of benzene rings is 3. The number of anilines is 1. The second kappa shape index (κ2) is 14.9. The summed E-state index contributed by atoms with van der Waals surface area (Å²) in [5.41, 5.74) is 1.09. The van der Waals surface area contributed by atoms with Gasteiger partial charge in [-0.15, -0.1) is 0 Å². The van der Waals surface area contributed by atoms with E-state index in [0.29, 0.717) is 25.6 Å². The number of hydrogen-bond acceptors (Lipinski definition) is 6. The summed E-state index contributed by atoms with van der Waals surface area (Å²) in [7, 11) is 0. The van der Waals surface area contributed by atoms with Crippen LogP contribution in [0.4, 0.5) is 18.9 Å². The molecule has 1 aromatic heterocycles. The molecule has 1 fully saturated rings. The molecule has 1 aliphatic heterocycles. The molecule has 45 heavy (non-hydrogen) atoms. The normalized spacial score (nSPS) is 14.0. The number of piperidine rings is 1. The molecule has 0 radical (unpaired) electrons. The second-order valence-electron chi connectivity index (χ2n) is 10.3. The summed E-state index contributed by atoms with van der Waals surface area (Å²) >= 11 is 6.02. The van der Waals surface area contributed by atoms with Gasteiger partial charge in [0.25, 0.3) is 0 Å². The fraction of sp³-hybridized carbons (Fsp3) is 0.290. The number of amides is 1. The predicted octanol–water partition coefficient (Wildman–Crippen LogP) is 5.79. The summed E-state index contributed by atoms with van der Waals surface area (Å²) in [6.45, 7) is 2.64. The molecular weight excluding hydrogens is 617 g/mol. The van der Waals surface area contributed by atoms with Crippen LogP contribution in [0.25, 0.3) is 11.0 Å². The first kappa shape index (κ1) is 33.3. The smallest absolute Gasteiger partial charge is 0.416 e. The van der Waals surface area contributed by atoms with Crippen molar-refractivity contribution >= 4 is 46.2 Å². The first-order valence-corrected chi connectivity index (χ1v) is 14.3. The van der Waals surface area contributed by atoms with Gasteiger partial charge in [0.05, 0.1) is 33.9 Å². The number of fused-ring (bicyclic) bond motifs is 1. The van der Waals surface area contributed by atoms with Crippen LogP contribution in [-0.2, 0) is 33.7 Å². The molecule has 1 amide bonds. The van der Waals surface area contributed by atoms with Crippen LogP contribution in [0.2, 0.25) is 5.02 Å². The quantitative estimate of drug-likeness (QED) is 0.205. The number of imidazole rings is 1. The third-order valence-corrected chi connectivity index (χ3v) is 7.44. The first-order valence-electron chi connectivity index (χ1n) is 13.9. The summed E-state index contributed by atoms with van der Waals surface area (Å²) in [6.07, 6.45) is -2.76. The molecular formula is C31H30ClF3N4O6. The third-order valence-electron chi connectivity index (χ3n) is 7.11. The van der Waals surface area contributed by atoms with E-state index in [9.17, 15) is 18.0 Å². The fourth-order valence-corrected chi connectivity index (χ4v) is 5.04. The van der Waals surface area contributed by atoms with Crippen LogP contribution in [-0.4, -0.2) is 62.1 Å². The van der Waals surface area contributed by atoms with Crippen molar-refractivity contribution in [3.8, 4) is 5.75 Å². The number of carboxylic acids is 2. The molecule has 0 unspecified atom stereocenters. The second-order valence-corrected chi connectivity index (χ2v) is 10.7. The summed E-state index contributed by atoms with van der Waals surface area (Å²) in [6, 6.07) is 20.6. The standard InChI is InChI=1S/C29H28ClF3N4O2.C2H2O4/c30-23-11-10-21(29(31,32)33)16-25(23)35-28(38)18-36-14-12-20(13-15-36)17-37-26-9-5-4-8-24(26)34-27(37)19-39-22-6-2-1-3-7-22;3-1(4)2(5)6/h1-11,16,20H,12-15,17-19H2,(H,35,38);(H,3,4)(H,5,6). The number of carboxylic acid groups (broad SMARTS) is 2. The number of carbonyl (C=O) groups is 3. The molecule has 14 heteroatoms. The van der Waals surface area contributed by atoms with Gasteiger partial charge in [-0.3, -0.25) is 9.69 Å². The van der Waals surface area contributed by atoms with Gasteiger partial charge < -0.3 is 24.8 Å². The number of para-hydroxylation sites is 3. The number of alkyl halides is 3. The number of ether oxygens (including phenoxy) is 1. The Bertz CT molecular complexity index is 1630. The predicted molar refractivity (Wildman–Crippen MR) is 160 cm³/mol. The zero-order valence-electron chi connectivity index (χ0n) is 23.8. The van der Waals surface area contributed by atoms with Gasteiger partial charge in [0.15, 0.2) is 0 Å². The molecule has 2 heterocycles. The van der Waals surface area contributed by atoms with Gasteiger partial charge in [-0.25, -0.2) is 14.6 Å². The Morgan fingerprint density at radius 1 is 0.956 bits per heavy atom. The fourth-order valence-electron chi connectivity index (χ4n) is 4.88. The van der Waals surface area contributed by atoms with Crippen LogP contribution < -0.4 is 10.1 Å². The van der Waals surface area contributed by atoms with E-state index < -0.39 is 29.6 Å². The number of aliphatic carboxylic acids is 2. The van der Waals surface area contributed by atoms with E-state index in [2.05, 4.69) is 16.0 Å². The Labute approximate surface area is 261 Å². The Hall–Kier alpha value is -4.62. The van der Waals surface area contributed by atoms with E-state index in [-0.39, 0.29) is 17.3 Å². The molecule has 0 saturated carbocycles. The number of nitrogens with one attached hydrogen (secondary N) is 1. The average molecular weight is 647 g/mol. The number of aromatic nitrogens is 2. The number of carbonyl (C=O) groups excluding carboxylic acids is 1. The highest BCUT2D eigenvalue weighted by Gasteiger charge is 2.31. The number of likely N-dealkylation sites (tertiary alicyclic amines) is 1. The lowest BCUT2D eigenvalue weighted by Gasteiger charge is -2.32. The number of hydrogen-bond donors (Lipinski definition) is 3. The third kappa shape index (κ3) is 9.43. The summed E-state index contributed by atoms with van der Waals surface area (Å²) in [5.74, 6) is -2.01. The Kier molecular flexibility index (Phi) is 11.0. The maximum atomic E-state index is 13.0. The number of rotatable bonds is 8. The van der Waals surface area contributed by atoms with E-state index in [1.807, 2.05) is 53.4 Å². The SMILES string of the molecule is O=C(CN1CCC(Cn2c(COc3ccccc3)nc3ccccc32)CC1)Nc1cc(C(F)(F)F)ccc1Cl.O=C(O)C(=O)O. The highest BCUT2D eigenvalue weighted by molar-refractivity contribution is 6.33. The summed E-state index contributed by atoms with van der Waals surface area (Å²) in [4.78, 5) is 37.6. The van der Waals surface area contributed by atoms with E-state index in [4.69, 9.17) is 41.1 Å². The monoisotopic (exact) mass is 646 g/mol. The molecule has 1 aliphatic rings. The summed E-state index contributed by atoms with van der Waals surface area (Å²) in [5, 5.41) is 17.4. The zero-order chi connectivity index (χ0) is 32.6. The lowest BCUT2D eigenvalue weighted by molar-refractivity contribution is -0.159. The van der Waals surface area contributed by atoms with Crippen LogP contribution in [0.5, 0.6) is 5.75 Å². The van der Waals surface area contributed by atoms with Crippen molar-refractivity contribution in [2.75, 3.05) is 25.0 Å². The Morgan fingerprint density at radius 3 is 2.24 bits per heavy atom. The Balaban J connectivity index is 0.000000700. The zero-order valence-corrected chi connectivity index (χ0v) is 24.6. The molecule has 0 bridgehead atoms. The van der Waals surface area contributed by atoms with Crippen molar-refractivity contribution in [2.45, 2.75) is 32.2 Å². The lowest BCUT2D eigenvalue weighted by Crippen LogP contribution is -2.40. The minimum atomic E-state index is -4.51. The largest absolute Gasteiger partial charge is 0.486 e.